The summed E-state index contributed by atoms with van der Waals surface area (Å²) in [5, 5.41) is 1.84. The van der Waals surface area contributed by atoms with Crippen molar-refractivity contribution in [1.82, 2.24) is 4.90 Å². The van der Waals surface area contributed by atoms with E-state index in [-0.39, 0.29) is 17.6 Å². The van der Waals surface area contributed by atoms with Gasteiger partial charge in [0, 0.05) is 43.8 Å². The van der Waals surface area contributed by atoms with E-state index >= 15 is 0 Å². The molecule has 1 unspecified atom stereocenters. The standard InChI is InChI=1S/C26H40Br2N2O4Si/c1-25(2,3)34-23(31)29-10-9-26(17-29)18-30(24(32)33-11-12-35(4,5)6)22-8-7-19(14-21(22)26)13-20(15-27)16-28/h7-8,14,20H,9-13,15-18H2,1-6H3. The van der Waals surface area contributed by atoms with Gasteiger partial charge in [0.2, 0.25) is 0 Å². The van der Waals surface area contributed by atoms with E-state index < -0.39 is 13.7 Å². The fraction of sp³-hybridized carbons (Fsp3) is 0.692. The highest BCUT2D eigenvalue weighted by molar-refractivity contribution is 9.09. The summed E-state index contributed by atoms with van der Waals surface area (Å²) in [4.78, 5) is 29.6. The molecule has 6 nitrogen and oxygen atoms in total. The fourth-order valence-corrected chi connectivity index (χ4v) is 6.96. The van der Waals surface area contributed by atoms with Crippen LogP contribution in [0.4, 0.5) is 15.3 Å². The van der Waals surface area contributed by atoms with Crippen molar-refractivity contribution in [3.05, 3.63) is 29.3 Å². The van der Waals surface area contributed by atoms with Gasteiger partial charge in [-0.1, -0.05) is 63.6 Å². The van der Waals surface area contributed by atoms with Crippen LogP contribution in [0.3, 0.4) is 0 Å². The summed E-state index contributed by atoms with van der Waals surface area (Å²) in [7, 11) is -1.30. The second-order valence-corrected chi connectivity index (χ2v) is 19.1. The molecule has 0 radical (unpaired) electrons. The van der Waals surface area contributed by atoms with E-state index in [1.807, 2.05) is 20.8 Å². The zero-order chi connectivity index (χ0) is 26.0. The number of carbonyl (C=O) groups is 2. The predicted octanol–water partition coefficient (Wildman–Crippen LogP) is 6.81. The summed E-state index contributed by atoms with van der Waals surface area (Å²) < 4.78 is 11.4. The monoisotopic (exact) mass is 630 g/mol. The average Bonchev–Trinajstić information content (AvgIpc) is 3.32. The Bertz CT molecular complexity index is 927. The molecule has 2 heterocycles. The van der Waals surface area contributed by atoms with Gasteiger partial charge in [0.05, 0.1) is 12.3 Å². The molecule has 9 heteroatoms. The van der Waals surface area contributed by atoms with Gasteiger partial charge in [-0.25, -0.2) is 9.59 Å². The quantitative estimate of drug-likeness (QED) is 0.245. The van der Waals surface area contributed by atoms with Crippen molar-refractivity contribution < 1.29 is 19.1 Å². The van der Waals surface area contributed by atoms with Gasteiger partial charge in [-0.15, -0.1) is 0 Å². The topological polar surface area (TPSA) is 59.1 Å². The van der Waals surface area contributed by atoms with Gasteiger partial charge in [0.1, 0.15) is 5.60 Å². The second-order valence-electron chi connectivity index (χ2n) is 12.2. The van der Waals surface area contributed by atoms with Gasteiger partial charge in [0.15, 0.2) is 0 Å². The lowest BCUT2D eigenvalue weighted by Gasteiger charge is -2.27. The van der Waals surface area contributed by atoms with Gasteiger partial charge in [0.25, 0.3) is 0 Å². The molecule has 2 aliphatic rings. The van der Waals surface area contributed by atoms with Crippen LogP contribution in [-0.2, 0) is 21.3 Å². The molecule has 1 fully saturated rings. The summed E-state index contributed by atoms with van der Waals surface area (Å²) in [6, 6.07) is 7.38. The van der Waals surface area contributed by atoms with Crippen molar-refractivity contribution in [1.29, 1.82) is 0 Å². The van der Waals surface area contributed by atoms with E-state index in [1.165, 1.54) is 5.56 Å². The molecule has 0 saturated carbocycles. The highest BCUT2D eigenvalue weighted by Gasteiger charge is 2.50. The van der Waals surface area contributed by atoms with Crippen LogP contribution in [0.2, 0.25) is 25.7 Å². The van der Waals surface area contributed by atoms with Crippen molar-refractivity contribution in [3.8, 4) is 0 Å². The number of benzene rings is 1. The number of rotatable bonds is 7. The maximum absolute atomic E-state index is 13.2. The number of carbonyl (C=O) groups excluding carboxylic acids is 2. The van der Waals surface area contributed by atoms with Gasteiger partial charge in [-0.3, -0.25) is 4.90 Å². The smallest absolute Gasteiger partial charge is 0.414 e. The van der Waals surface area contributed by atoms with Crippen molar-refractivity contribution >= 4 is 57.8 Å². The van der Waals surface area contributed by atoms with Crippen LogP contribution in [0.15, 0.2) is 18.2 Å². The molecule has 1 spiro atoms. The molecular weight excluding hydrogens is 592 g/mol. The maximum atomic E-state index is 13.2. The molecule has 0 N–H and O–H groups in total. The Kier molecular flexibility index (Phi) is 9.07. The molecule has 0 aliphatic carbocycles. The van der Waals surface area contributed by atoms with E-state index in [0.717, 1.165) is 40.8 Å². The van der Waals surface area contributed by atoms with Crippen LogP contribution in [-0.4, -0.2) is 67.7 Å². The third-order valence-corrected chi connectivity index (χ3v) is 10.2. The van der Waals surface area contributed by atoms with Gasteiger partial charge in [-0.2, -0.15) is 0 Å². The lowest BCUT2D eigenvalue weighted by atomic mass is 9.80. The van der Waals surface area contributed by atoms with E-state index in [1.54, 1.807) is 9.80 Å². The Morgan fingerprint density at radius 3 is 2.40 bits per heavy atom. The highest BCUT2D eigenvalue weighted by atomic mass is 79.9. The van der Waals surface area contributed by atoms with Crippen LogP contribution < -0.4 is 4.90 Å². The third-order valence-electron chi connectivity index (χ3n) is 6.65. The van der Waals surface area contributed by atoms with Crippen LogP contribution >= 0.6 is 31.9 Å². The Labute approximate surface area is 228 Å². The molecular formula is C26H40Br2N2O4Si. The van der Waals surface area contributed by atoms with E-state index in [4.69, 9.17) is 9.47 Å². The van der Waals surface area contributed by atoms with E-state index in [0.29, 0.717) is 32.2 Å². The van der Waals surface area contributed by atoms with Crippen LogP contribution in [0.5, 0.6) is 0 Å². The molecule has 0 bridgehead atoms. The number of anilines is 1. The number of nitrogens with zero attached hydrogens (tertiary/aromatic N) is 2. The molecule has 1 atom stereocenters. The molecule has 1 saturated heterocycles. The van der Waals surface area contributed by atoms with Crippen LogP contribution in [0.1, 0.15) is 38.3 Å². The number of alkyl halides is 2. The minimum Gasteiger partial charge on any atom is -0.449 e. The largest absolute Gasteiger partial charge is 0.449 e. The Hall–Kier alpha value is -1.06. The first-order valence-corrected chi connectivity index (χ1v) is 18.4. The normalized spacial score (nSPS) is 20.0. The first-order chi connectivity index (χ1) is 16.3. The first kappa shape index (κ1) is 28.5. The van der Waals surface area contributed by atoms with Crippen molar-refractivity contribution in [2.45, 2.75) is 70.3 Å². The molecule has 1 aromatic rings. The molecule has 0 aromatic heterocycles. The Morgan fingerprint density at radius 1 is 1.11 bits per heavy atom. The maximum Gasteiger partial charge on any atom is 0.414 e. The van der Waals surface area contributed by atoms with Gasteiger partial charge < -0.3 is 14.4 Å². The molecule has 35 heavy (non-hydrogen) atoms. The highest BCUT2D eigenvalue weighted by Crippen LogP contribution is 2.47. The lowest BCUT2D eigenvalue weighted by molar-refractivity contribution is 0.0285. The van der Waals surface area contributed by atoms with Crippen molar-refractivity contribution in [3.63, 3.8) is 0 Å². The number of likely N-dealkylation sites (tertiary alicyclic amines) is 1. The number of ether oxygens (including phenoxy) is 2. The predicted molar refractivity (Wildman–Crippen MR) is 152 cm³/mol. The second kappa shape index (κ2) is 11.1. The summed E-state index contributed by atoms with van der Waals surface area (Å²) in [6.45, 7) is 14.6. The number of hydrogen-bond acceptors (Lipinski definition) is 4. The first-order valence-electron chi connectivity index (χ1n) is 12.4. The summed E-state index contributed by atoms with van der Waals surface area (Å²) in [5.41, 5.74) is 2.45. The van der Waals surface area contributed by atoms with Crippen LogP contribution in [0, 0.1) is 5.92 Å². The lowest BCUT2D eigenvalue weighted by Crippen LogP contribution is -2.41. The minimum atomic E-state index is -1.30. The minimum absolute atomic E-state index is 0.288. The third kappa shape index (κ3) is 7.25. The molecule has 2 aliphatic heterocycles. The molecule has 2 amide bonds. The Balaban J connectivity index is 1.87. The molecule has 3 rings (SSSR count). The van der Waals surface area contributed by atoms with Crippen molar-refractivity contribution in [2.24, 2.45) is 5.92 Å². The van der Waals surface area contributed by atoms with Gasteiger partial charge in [-0.05, 0) is 62.8 Å². The van der Waals surface area contributed by atoms with E-state index in [2.05, 4.69) is 69.7 Å². The van der Waals surface area contributed by atoms with Crippen LogP contribution in [0.25, 0.3) is 0 Å². The molecule has 1 aromatic carbocycles. The zero-order valence-corrected chi connectivity index (χ0v) is 26.1. The SMILES string of the molecule is CC(C)(C)OC(=O)N1CCC2(C1)CN(C(=O)OCC[Si](C)(C)C)c1ccc(CC(CBr)CBr)cc12. The summed E-state index contributed by atoms with van der Waals surface area (Å²) >= 11 is 7.23. The van der Waals surface area contributed by atoms with Gasteiger partial charge >= 0.3 is 12.2 Å². The Morgan fingerprint density at radius 2 is 1.80 bits per heavy atom. The zero-order valence-electron chi connectivity index (χ0n) is 22.0. The summed E-state index contributed by atoms with van der Waals surface area (Å²) in [6.07, 6.45) is 1.16. The average molecular weight is 633 g/mol. The molecule has 196 valence electrons. The summed E-state index contributed by atoms with van der Waals surface area (Å²) in [5.74, 6) is 0.481. The fourth-order valence-electron chi connectivity index (χ4n) is 4.72. The van der Waals surface area contributed by atoms with E-state index in [9.17, 15) is 9.59 Å². The van der Waals surface area contributed by atoms with Crippen molar-refractivity contribution in [2.75, 3.05) is 41.8 Å². The number of halogens is 2. The number of fused-ring (bicyclic) bond motifs is 2. The number of amides is 2. The number of hydrogen-bond donors (Lipinski definition) is 0.